The van der Waals surface area contributed by atoms with Crippen LogP contribution in [0.25, 0.3) is 5.82 Å². The number of methoxy groups -OCH3 is 2. The summed E-state index contributed by atoms with van der Waals surface area (Å²) in [5.41, 5.74) is 9.54. The molecule has 1 aliphatic rings. The second-order valence-electron chi connectivity index (χ2n) is 6.97. The van der Waals surface area contributed by atoms with Crippen molar-refractivity contribution in [1.29, 1.82) is 0 Å². The first-order chi connectivity index (χ1) is 16.1. The number of hydrogen-bond donors (Lipinski definition) is 2. The Kier molecular flexibility index (Phi) is 6.75. The van der Waals surface area contributed by atoms with Crippen LogP contribution in [0.4, 0.5) is 5.82 Å². The van der Waals surface area contributed by atoms with E-state index in [0.717, 1.165) is 0 Å². The van der Waals surface area contributed by atoms with Crippen molar-refractivity contribution in [3.63, 3.8) is 0 Å². The van der Waals surface area contributed by atoms with E-state index in [1.807, 2.05) is 0 Å². The molecule has 14 nitrogen and oxygen atoms in total. The molecule has 0 spiro atoms. The fraction of sp³-hybridized carbons (Fsp3) is 0.368. The number of nitrogens with zero attached hydrogens (tertiary/aromatic N) is 7. The zero-order valence-electron chi connectivity index (χ0n) is 18.1. The number of nitrogens with one attached hydrogen (secondary N) is 1. The van der Waals surface area contributed by atoms with Crippen LogP contribution in [0.15, 0.2) is 27.9 Å². The minimum Gasteiger partial charge on any atom is -0.493 e. The number of hydrazone groups is 1. The smallest absolute Gasteiger partial charge is 0.293 e. The van der Waals surface area contributed by atoms with Crippen molar-refractivity contribution in [2.24, 2.45) is 5.10 Å². The van der Waals surface area contributed by atoms with E-state index in [1.165, 1.54) is 18.0 Å². The van der Waals surface area contributed by atoms with Gasteiger partial charge in [0, 0.05) is 19.6 Å². The molecule has 0 unspecified atom stereocenters. The van der Waals surface area contributed by atoms with Crippen molar-refractivity contribution in [3.8, 4) is 17.3 Å². The number of hydrogen-bond acceptors (Lipinski definition) is 12. The highest BCUT2D eigenvalue weighted by atomic mass is 16.6. The Morgan fingerprint density at radius 3 is 2.73 bits per heavy atom. The molecule has 0 aliphatic carbocycles. The van der Waals surface area contributed by atoms with Crippen molar-refractivity contribution in [2.75, 3.05) is 46.3 Å². The molecule has 0 atom stereocenters. The Labute approximate surface area is 188 Å². The van der Waals surface area contributed by atoms with E-state index in [2.05, 4.69) is 40.7 Å². The summed E-state index contributed by atoms with van der Waals surface area (Å²) in [6.45, 7) is 2.93. The summed E-state index contributed by atoms with van der Waals surface area (Å²) in [5.74, 6) is 0.767. The molecular weight excluding hydrogens is 434 g/mol. The topological polar surface area (TPSA) is 168 Å². The quantitative estimate of drug-likeness (QED) is 0.341. The second kappa shape index (κ2) is 10.1. The molecule has 0 bridgehead atoms. The molecule has 3 aromatic rings. The molecule has 1 saturated heterocycles. The van der Waals surface area contributed by atoms with Gasteiger partial charge < -0.3 is 19.9 Å². The van der Waals surface area contributed by atoms with Gasteiger partial charge in [-0.1, -0.05) is 5.21 Å². The third-order valence-corrected chi connectivity index (χ3v) is 4.94. The van der Waals surface area contributed by atoms with E-state index in [4.69, 9.17) is 19.9 Å². The van der Waals surface area contributed by atoms with E-state index in [1.54, 1.807) is 25.3 Å². The van der Waals surface area contributed by atoms with E-state index in [0.29, 0.717) is 55.6 Å². The standard InChI is InChI=1S/C19H23N9O5/c1-30-14-4-3-12(9-15(14)31-2)10-21-23-19(29)16-13(11-27-5-7-32-8-6-27)28(26-22-16)18-17(20)24-33-25-18/h3-4,9-10H,5-8,11H2,1-2H3,(H2,20,24)(H,23,29). The molecule has 3 heterocycles. The van der Waals surface area contributed by atoms with Crippen molar-refractivity contribution in [3.05, 3.63) is 35.2 Å². The Hall–Kier alpha value is -4.04. The maximum Gasteiger partial charge on any atom is 0.293 e. The molecule has 2 aromatic heterocycles. The maximum atomic E-state index is 12.9. The highest BCUT2D eigenvalue weighted by molar-refractivity contribution is 5.94. The van der Waals surface area contributed by atoms with E-state index in [-0.39, 0.29) is 17.3 Å². The summed E-state index contributed by atoms with van der Waals surface area (Å²) < 4.78 is 21.9. The number of rotatable bonds is 8. The van der Waals surface area contributed by atoms with Gasteiger partial charge in [0.05, 0.1) is 39.3 Å². The van der Waals surface area contributed by atoms with Gasteiger partial charge in [0.15, 0.2) is 17.2 Å². The maximum absolute atomic E-state index is 12.9. The first-order valence-electron chi connectivity index (χ1n) is 9.99. The predicted octanol–water partition coefficient (Wildman–Crippen LogP) is -0.154. The summed E-state index contributed by atoms with van der Waals surface area (Å²) in [6, 6.07) is 5.25. The monoisotopic (exact) mass is 457 g/mol. The SMILES string of the molecule is COc1ccc(C=NNC(=O)c2nnn(-c3nonc3N)c2CN2CCOCC2)cc1OC. The van der Waals surface area contributed by atoms with Crippen LogP contribution in [0.1, 0.15) is 21.7 Å². The molecule has 3 N–H and O–H groups in total. The molecule has 0 radical (unpaired) electrons. The van der Waals surface area contributed by atoms with Gasteiger partial charge >= 0.3 is 0 Å². The first-order valence-corrected chi connectivity index (χ1v) is 9.99. The minimum atomic E-state index is -0.545. The molecular formula is C19H23N9O5. The number of amides is 1. The molecule has 1 aliphatic heterocycles. The number of carbonyl (C=O) groups is 1. The third kappa shape index (κ3) is 4.91. The number of morpholine rings is 1. The van der Waals surface area contributed by atoms with Gasteiger partial charge in [-0.2, -0.15) is 9.78 Å². The second-order valence-corrected chi connectivity index (χ2v) is 6.97. The molecule has 1 fully saturated rings. The third-order valence-electron chi connectivity index (χ3n) is 4.94. The first kappa shape index (κ1) is 22.2. The van der Waals surface area contributed by atoms with Crippen LogP contribution >= 0.6 is 0 Å². The average molecular weight is 457 g/mol. The number of anilines is 1. The van der Waals surface area contributed by atoms with Gasteiger partial charge in [-0.25, -0.2) is 10.1 Å². The van der Waals surface area contributed by atoms with Gasteiger partial charge in [0.2, 0.25) is 11.6 Å². The summed E-state index contributed by atoms with van der Waals surface area (Å²) in [4.78, 5) is 15.0. The van der Waals surface area contributed by atoms with Crippen LogP contribution in [0.3, 0.4) is 0 Å². The van der Waals surface area contributed by atoms with Gasteiger partial charge in [0.25, 0.3) is 5.91 Å². The van der Waals surface area contributed by atoms with E-state index < -0.39 is 5.91 Å². The van der Waals surface area contributed by atoms with Gasteiger partial charge in [-0.15, -0.1) is 5.10 Å². The average Bonchev–Trinajstić information content (AvgIpc) is 3.45. The van der Waals surface area contributed by atoms with Gasteiger partial charge in [0.1, 0.15) is 0 Å². The lowest BCUT2D eigenvalue weighted by atomic mass is 10.2. The highest BCUT2D eigenvalue weighted by Crippen LogP contribution is 2.26. The largest absolute Gasteiger partial charge is 0.493 e. The number of nitrogen functional groups attached to an aromatic ring is 1. The molecule has 0 saturated carbocycles. The zero-order chi connectivity index (χ0) is 23.2. The molecule has 4 rings (SSSR count). The van der Waals surface area contributed by atoms with Crippen LogP contribution in [0, 0.1) is 0 Å². The Morgan fingerprint density at radius 2 is 2.03 bits per heavy atom. The lowest BCUT2D eigenvalue weighted by molar-refractivity contribution is 0.0332. The normalized spacial score (nSPS) is 14.5. The lowest BCUT2D eigenvalue weighted by Crippen LogP contribution is -2.37. The summed E-state index contributed by atoms with van der Waals surface area (Å²) in [6.07, 6.45) is 1.48. The number of ether oxygens (including phenoxy) is 3. The minimum absolute atomic E-state index is 0.0292. The Morgan fingerprint density at radius 1 is 1.24 bits per heavy atom. The van der Waals surface area contributed by atoms with Gasteiger partial charge in [-0.3, -0.25) is 9.69 Å². The van der Waals surface area contributed by atoms with Crippen molar-refractivity contribution < 1.29 is 23.6 Å². The van der Waals surface area contributed by atoms with Crippen LogP contribution in [-0.4, -0.2) is 82.9 Å². The zero-order valence-corrected chi connectivity index (χ0v) is 18.1. The number of benzene rings is 1. The summed E-state index contributed by atoms with van der Waals surface area (Å²) >= 11 is 0. The Balaban J connectivity index is 1.55. The van der Waals surface area contributed by atoms with Crippen LogP contribution in [-0.2, 0) is 11.3 Å². The van der Waals surface area contributed by atoms with E-state index in [9.17, 15) is 4.79 Å². The molecule has 14 heteroatoms. The summed E-state index contributed by atoms with van der Waals surface area (Å²) in [5, 5.41) is 19.4. The van der Waals surface area contributed by atoms with Crippen molar-refractivity contribution in [2.45, 2.75) is 6.54 Å². The summed E-state index contributed by atoms with van der Waals surface area (Å²) in [7, 11) is 3.09. The van der Waals surface area contributed by atoms with Crippen molar-refractivity contribution in [1.82, 2.24) is 35.6 Å². The molecule has 1 aromatic carbocycles. The fourth-order valence-electron chi connectivity index (χ4n) is 3.25. The van der Waals surface area contributed by atoms with Gasteiger partial charge in [-0.05, 0) is 34.1 Å². The Bertz CT molecular complexity index is 1140. The molecule has 1 amide bonds. The predicted molar refractivity (Wildman–Crippen MR) is 114 cm³/mol. The number of carbonyl (C=O) groups excluding carboxylic acids is 1. The van der Waals surface area contributed by atoms with Crippen LogP contribution in [0.2, 0.25) is 0 Å². The number of aromatic nitrogens is 5. The highest BCUT2D eigenvalue weighted by Gasteiger charge is 2.26. The fourth-order valence-corrected chi connectivity index (χ4v) is 3.25. The van der Waals surface area contributed by atoms with Crippen LogP contribution in [0.5, 0.6) is 11.5 Å². The van der Waals surface area contributed by atoms with E-state index >= 15 is 0 Å². The molecule has 33 heavy (non-hydrogen) atoms. The van der Waals surface area contributed by atoms with Crippen molar-refractivity contribution >= 4 is 17.9 Å². The lowest BCUT2D eigenvalue weighted by Gasteiger charge is -2.26. The molecule has 174 valence electrons. The number of nitrogens with two attached hydrogens (primary N) is 1. The van der Waals surface area contributed by atoms with Crippen LogP contribution < -0.4 is 20.6 Å².